The lowest BCUT2D eigenvalue weighted by Crippen LogP contribution is -2.59. The van der Waals surface area contributed by atoms with Crippen LogP contribution in [0.5, 0.6) is 23.0 Å². The van der Waals surface area contributed by atoms with Gasteiger partial charge in [0.15, 0.2) is 11.5 Å². The van der Waals surface area contributed by atoms with E-state index in [0.29, 0.717) is 30.1 Å². The number of aromatic amines is 1. The van der Waals surface area contributed by atoms with E-state index in [1.165, 1.54) is 57.0 Å². The van der Waals surface area contributed by atoms with Crippen molar-refractivity contribution in [1.29, 1.82) is 0 Å². The number of ether oxygens (including phenoxy) is 6. The summed E-state index contributed by atoms with van der Waals surface area (Å²) >= 11 is 0. The number of rotatable bonds is 7. The van der Waals surface area contributed by atoms with Crippen LogP contribution in [0.1, 0.15) is 47.4 Å². The number of hydrogen-bond acceptors (Lipinski definition) is 10. The van der Waals surface area contributed by atoms with Crippen LogP contribution in [0.2, 0.25) is 0 Å². The van der Waals surface area contributed by atoms with Crippen molar-refractivity contribution in [2.45, 2.75) is 50.5 Å². The summed E-state index contributed by atoms with van der Waals surface area (Å²) < 4.78 is 33.2. The Morgan fingerprint density at radius 3 is 2.35 bits per heavy atom. The number of aromatic nitrogens is 1. The molecule has 1 aliphatic carbocycles. The van der Waals surface area contributed by atoms with Crippen molar-refractivity contribution in [2.75, 3.05) is 41.5 Å². The minimum Gasteiger partial charge on any atom is -0.497 e. The molecule has 3 aromatic rings. The average Bonchev–Trinajstić information content (AvgIpc) is 3.39. The second-order valence-corrected chi connectivity index (χ2v) is 11.5. The zero-order valence-corrected chi connectivity index (χ0v) is 25.0. The number of carbonyl (C=O) groups is 2. The quantitative estimate of drug-likeness (QED) is 0.391. The van der Waals surface area contributed by atoms with Crippen molar-refractivity contribution < 1.29 is 43.1 Å². The average molecular weight is 595 g/mol. The van der Waals surface area contributed by atoms with E-state index in [1.54, 1.807) is 7.11 Å². The lowest BCUT2D eigenvalue weighted by Gasteiger charge is -2.52. The molecule has 11 heteroatoms. The van der Waals surface area contributed by atoms with E-state index in [2.05, 4.69) is 16.0 Å². The zero-order valence-electron chi connectivity index (χ0n) is 25.0. The van der Waals surface area contributed by atoms with Gasteiger partial charge in [-0.25, -0.2) is 4.79 Å². The SMILES string of the molecule is COc1ccc2c3c([nH]c2c1)[C@H]1C[C@H]2[C@H](C[C@@H](OC(=O)c4cc(OC)c(OC)c(OC)c4)[C@@H](O)[C@@H]2OC(C)=O)CN1CC3. The maximum atomic E-state index is 13.4. The Labute approximate surface area is 249 Å². The van der Waals surface area contributed by atoms with Crippen molar-refractivity contribution in [3.05, 3.63) is 47.2 Å². The van der Waals surface area contributed by atoms with Crippen LogP contribution in [0.4, 0.5) is 0 Å². The van der Waals surface area contributed by atoms with Gasteiger partial charge in [0.05, 0.1) is 40.0 Å². The lowest BCUT2D eigenvalue weighted by atomic mass is 9.67. The Morgan fingerprint density at radius 2 is 1.70 bits per heavy atom. The molecule has 0 unspecified atom stereocenters. The molecule has 1 saturated carbocycles. The third-order valence-electron chi connectivity index (χ3n) is 9.27. The van der Waals surface area contributed by atoms with Gasteiger partial charge in [0, 0.05) is 48.6 Å². The van der Waals surface area contributed by atoms with Gasteiger partial charge < -0.3 is 38.5 Å². The fraction of sp³-hybridized carbons (Fsp3) is 0.500. The van der Waals surface area contributed by atoms with E-state index < -0.39 is 30.3 Å². The molecule has 11 nitrogen and oxygen atoms in total. The number of nitrogens with zero attached hydrogens (tertiary/aromatic N) is 1. The van der Waals surface area contributed by atoms with Gasteiger partial charge in [-0.05, 0) is 55.0 Å². The van der Waals surface area contributed by atoms with Gasteiger partial charge in [-0.3, -0.25) is 9.69 Å². The Hall–Kier alpha value is -3.96. The first kappa shape index (κ1) is 29.1. The highest BCUT2D eigenvalue weighted by Gasteiger charge is 2.52. The molecule has 1 saturated heterocycles. The Balaban J connectivity index is 1.26. The summed E-state index contributed by atoms with van der Waals surface area (Å²) in [6.07, 6.45) is -0.812. The summed E-state index contributed by atoms with van der Waals surface area (Å²) in [5, 5.41) is 12.7. The van der Waals surface area contributed by atoms with E-state index >= 15 is 0 Å². The number of methoxy groups -OCH3 is 4. The maximum Gasteiger partial charge on any atom is 0.338 e. The van der Waals surface area contributed by atoms with Gasteiger partial charge in [-0.2, -0.15) is 0 Å². The largest absolute Gasteiger partial charge is 0.497 e. The number of carbonyl (C=O) groups excluding carboxylic acids is 2. The second-order valence-electron chi connectivity index (χ2n) is 11.5. The summed E-state index contributed by atoms with van der Waals surface area (Å²) in [5.74, 6) is 0.590. The molecule has 1 aromatic heterocycles. The molecule has 2 N–H and O–H groups in total. The summed E-state index contributed by atoms with van der Waals surface area (Å²) in [4.78, 5) is 31.7. The third kappa shape index (κ3) is 5.14. The van der Waals surface area contributed by atoms with Crippen molar-refractivity contribution in [3.8, 4) is 23.0 Å². The van der Waals surface area contributed by atoms with Crippen molar-refractivity contribution in [3.63, 3.8) is 0 Å². The predicted molar refractivity (Wildman–Crippen MR) is 156 cm³/mol. The molecule has 2 aliphatic heterocycles. The first-order chi connectivity index (χ1) is 20.8. The van der Waals surface area contributed by atoms with Crippen LogP contribution in [0.15, 0.2) is 30.3 Å². The minimum atomic E-state index is -1.18. The first-order valence-electron chi connectivity index (χ1n) is 14.5. The summed E-state index contributed by atoms with van der Waals surface area (Å²) in [7, 11) is 6.07. The van der Waals surface area contributed by atoms with Gasteiger partial charge >= 0.3 is 11.9 Å². The second kappa shape index (κ2) is 11.6. The molecule has 0 spiro atoms. The number of fused-ring (bicyclic) bond motifs is 6. The maximum absolute atomic E-state index is 13.4. The minimum absolute atomic E-state index is 0.0489. The molecular weight excluding hydrogens is 556 g/mol. The molecule has 230 valence electrons. The van der Waals surface area contributed by atoms with Gasteiger partial charge in [0.1, 0.15) is 24.1 Å². The highest BCUT2D eigenvalue weighted by atomic mass is 16.6. The first-order valence-corrected chi connectivity index (χ1v) is 14.5. The lowest BCUT2D eigenvalue weighted by molar-refractivity contribution is -0.186. The molecule has 3 heterocycles. The fourth-order valence-corrected chi connectivity index (χ4v) is 7.33. The Bertz CT molecular complexity index is 1510. The van der Waals surface area contributed by atoms with E-state index in [9.17, 15) is 14.7 Å². The van der Waals surface area contributed by atoms with Crippen LogP contribution in [-0.4, -0.2) is 86.8 Å². The van der Waals surface area contributed by atoms with Gasteiger partial charge in [-0.1, -0.05) is 0 Å². The number of aliphatic hydroxyl groups is 1. The number of esters is 2. The van der Waals surface area contributed by atoms with E-state index in [1.807, 2.05) is 12.1 Å². The monoisotopic (exact) mass is 594 g/mol. The predicted octanol–water partition coefficient (Wildman–Crippen LogP) is 3.66. The standard InChI is InChI=1S/C32H38N2O9/c1-16(35)42-30-22-14-24-28-21(20-7-6-19(38-2)13-23(20)33-28)8-9-34(24)15-18(22)12-25(29(30)36)43-32(37)17-10-26(39-3)31(41-5)27(11-17)40-4/h6-7,10-11,13,18,22,24-25,29-30,33,36H,8-9,12,14-15H2,1-5H3/t18-,22+,24-,25-,29-,30-/m1/s1. The Morgan fingerprint density at radius 1 is 0.953 bits per heavy atom. The molecule has 2 aromatic carbocycles. The van der Waals surface area contributed by atoms with Gasteiger partial charge in [-0.15, -0.1) is 0 Å². The number of piperidine rings is 1. The smallest absolute Gasteiger partial charge is 0.338 e. The number of H-pyrrole nitrogens is 1. The molecule has 0 bridgehead atoms. The molecule has 0 radical (unpaired) electrons. The number of benzene rings is 2. The van der Waals surface area contributed by atoms with Crippen molar-refractivity contribution in [2.24, 2.45) is 11.8 Å². The van der Waals surface area contributed by atoms with Crippen LogP contribution in [-0.2, 0) is 20.7 Å². The van der Waals surface area contributed by atoms with E-state index in [4.69, 9.17) is 28.4 Å². The number of hydrogen-bond donors (Lipinski definition) is 2. The topological polar surface area (TPSA) is 129 Å². The van der Waals surface area contributed by atoms with E-state index in [0.717, 1.165) is 30.8 Å². The summed E-state index contributed by atoms with van der Waals surface area (Å²) in [5.41, 5.74) is 3.69. The molecule has 43 heavy (non-hydrogen) atoms. The van der Waals surface area contributed by atoms with Crippen molar-refractivity contribution in [1.82, 2.24) is 9.88 Å². The molecular formula is C32H38N2O9. The highest BCUT2D eigenvalue weighted by Crippen LogP contribution is 2.49. The summed E-state index contributed by atoms with van der Waals surface area (Å²) in [6, 6.07) is 9.21. The van der Waals surface area contributed by atoms with Crippen LogP contribution >= 0.6 is 0 Å². The molecule has 3 aliphatic rings. The number of aliphatic hydroxyl groups excluding tert-OH is 1. The van der Waals surface area contributed by atoms with Gasteiger partial charge in [0.2, 0.25) is 5.75 Å². The van der Waals surface area contributed by atoms with Crippen LogP contribution < -0.4 is 18.9 Å². The fourth-order valence-electron chi connectivity index (χ4n) is 7.33. The normalized spacial score (nSPS) is 26.5. The Kier molecular flexibility index (Phi) is 7.87. The van der Waals surface area contributed by atoms with Crippen LogP contribution in [0.3, 0.4) is 0 Å². The molecule has 6 atom stereocenters. The number of nitrogens with one attached hydrogen (secondary N) is 1. The van der Waals surface area contributed by atoms with Crippen LogP contribution in [0.25, 0.3) is 10.9 Å². The zero-order chi connectivity index (χ0) is 30.4. The molecule has 6 rings (SSSR count). The molecule has 2 fully saturated rings. The van der Waals surface area contributed by atoms with Gasteiger partial charge in [0.25, 0.3) is 0 Å². The van der Waals surface area contributed by atoms with Crippen LogP contribution in [0, 0.1) is 11.8 Å². The third-order valence-corrected chi connectivity index (χ3v) is 9.27. The van der Waals surface area contributed by atoms with E-state index in [-0.39, 0.29) is 23.4 Å². The van der Waals surface area contributed by atoms with Crippen molar-refractivity contribution >= 4 is 22.8 Å². The highest BCUT2D eigenvalue weighted by molar-refractivity contribution is 5.91. The molecule has 0 amide bonds. The summed E-state index contributed by atoms with van der Waals surface area (Å²) in [6.45, 7) is 2.96.